The van der Waals surface area contributed by atoms with Gasteiger partial charge in [-0.25, -0.2) is 0 Å². The summed E-state index contributed by atoms with van der Waals surface area (Å²) in [5.41, 5.74) is -5.50. The lowest BCUT2D eigenvalue weighted by Gasteiger charge is -2.57. The number of esters is 4. The van der Waals surface area contributed by atoms with Gasteiger partial charge < -0.3 is 33.9 Å². The predicted octanol–water partition coefficient (Wildman–Crippen LogP) is 1.74. The smallest absolute Gasteiger partial charge is 0.312 e. The first-order chi connectivity index (χ1) is 18.5. The number of halogens is 1. The molecule has 2 aliphatic carbocycles. The zero-order chi connectivity index (χ0) is 29.9. The lowest BCUT2D eigenvalue weighted by molar-refractivity contribution is -0.258. The van der Waals surface area contributed by atoms with Gasteiger partial charge >= 0.3 is 23.9 Å². The van der Waals surface area contributed by atoms with Gasteiger partial charge in [-0.2, -0.15) is 0 Å². The second-order valence-corrected chi connectivity index (χ2v) is 12.1. The summed E-state index contributed by atoms with van der Waals surface area (Å²) in [4.78, 5) is 50.5. The Balaban J connectivity index is 2.03. The number of epoxide rings is 1. The fraction of sp³-hybridized carbons (Fsp3) is 0.714. The Morgan fingerprint density at radius 1 is 1.07 bits per heavy atom. The number of fused-ring (bicyclic) bond motifs is 4. The molecule has 2 saturated heterocycles. The van der Waals surface area contributed by atoms with Crippen LogP contribution in [0.5, 0.6) is 0 Å². The summed E-state index contributed by atoms with van der Waals surface area (Å²) in [6, 6.07) is 0. The van der Waals surface area contributed by atoms with Gasteiger partial charge in [0.05, 0.1) is 17.4 Å². The highest BCUT2D eigenvalue weighted by molar-refractivity contribution is 6.23. The minimum absolute atomic E-state index is 0.102. The van der Waals surface area contributed by atoms with E-state index in [2.05, 4.69) is 6.58 Å². The Hall–Kier alpha value is -2.47. The second-order valence-electron chi connectivity index (χ2n) is 11.6. The molecule has 0 bridgehead atoms. The van der Waals surface area contributed by atoms with Crippen LogP contribution in [0.4, 0.5) is 0 Å². The van der Waals surface area contributed by atoms with E-state index in [0.717, 1.165) is 6.92 Å². The van der Waals surface area contributed by atoms with Gasteiger partial charge in [-0.15, -0.1) is 11.6 Å². The molecular weight excluding hydrogens is 548 g/mol. The van der Waals surface area contributed by atoms with E-state index in [0.29, 0.717) is 6.42 Å². The summed E-state index contributed by atoms with van der Waals surface area (Å²) >= 11 is 6.72. The number of aliphatic hydroxyl groups is 2. The van der Waals surface area contributed by atoms with Crippen molar-refractivity contribution in [2.24, 2.45) is 17.3 Å². The Kier molecular flexibility index (Phi) is 7.94. The Labute approximate surface area is 237 Å². The minimum atomic E-state index is -2.29. The van der Waals surface area contributed by atoms with Gasteiger partial charge in [-0.3, -0.25) is 19.2 Å². The largest absolute Gasteiger partial charge is 0.459 e. The standard InChI is InChI=1S/C28H37ClO11/c1-8-9-17(32)38-16-11-10-12(2)18(29)21-28(35,13(3)25(33)40-21)24(37-15(5)31)20-26(16,6)22-19(39-22)23(27(20,7)34)36-14(4)30/h10-11,13,16,18-24,34-35H,2,8-9H2,1,3-7H3/b11-10-/t13-,16-,18+,19+,20+,21-,22-,23+,24-,26+,27-,28-/m0/s1. The molecule has 0 aromatic heterocycles. The molecule has 4 rings (SSSR count). The highest BCUT2D eigenvalue weighted by atomic mass is 35.5. The van der Waals surface area contributed by atoms with Crippen LogP contribution in [-0.4, -0.2) is 87.3 Å². The lowest BCUT2D eigenvalue weighted by atomic mass is 9.52. The number of alkyl halides is 1. The van der Waals surface area contributed by atoms with Gasteiger partial charge in [0.15, 0.2) is 17.8 Å². The number of hydrogen-bond donors (Lipinski definition) is 2. The predicted molar refractivity (Wildman–Crippen MR) is 139 cm³/mol. The molecule has 0 aromatic carbocycles. The quantitative estimate of drug-likeness (QED) is 0.210. The molecule has 2 N–H and O–H groups in total. The number of allylic oxidation sites excluding steroid dienone is 1. The maximum atomic E-state index is 12.9. The van der Waals surface area contributed by atoms with E-state index in [1.165, 1.54) is 26.8 Å². The summed E-state index contributed by atoms with van der Waals surface area (Å²) in [5, 5.41) is 23.5. The highest BCUT2D eigenvalue weighted by Crippen LogP contribution is 2.63. The summed E-state index contributed by atoms with van der Waals surface area (Å²) < 4.78 is 28.8. The Bertz CT molecular complexity index is 1130. The van der Waals surface area contributed by atoms with Crippen LogP contribution in [0.3, 0.4) is 0 Å². The molecule has 11 nitrogen and oxygen atoms in total. The Morgan fingerprint density at radius 2 is 1.68 bits per heavy atom. The molecule has 12 heteroatoms. The van der Waals surface area contributed by atoms with Gasteiger partial charge in [0, 0.05) is 31.6 Å². The zero-order valence-electron chi connectivity index (χ0n) is 23.4. The number of hydrogen-bond acceptors (Lipinski definition) is 11. The maximum Gasteiger partial charge on any atom is 0.312 e. The van der Waals surface area contributed by atoms with Crippen LogP contribution in [0.2, 0.25) is 0 Å². The molecule has 2 heterocycles. The summed E-state index contributed by atoms with van der Waals surface area (Å²) in [6.45, 7) is 12.5. The fourth-order valence-electron chi connectivity index (χ4n) is 6.85. The molecule has 12 atom stereocenters. The molecule has 0 unspecified atom stereocenters. The first-order valence-corrected chi connectivity index (χ1v) is 13.8. The van der Waals surface area contributed by atoms with Crippen molar-refractivity contribution in [3.8, 4) is 0 Å². The molecule has 3 fully saturated rings. The molecule has 0 amide bonds. The van der Waals surface area contributed by atoms with Gasteiger partial charge in [-0.1, -0.05) is 26.5 Å². The molecule has 222 valence electrons. The molecule has 0 spiro atoms. The average Bonchev–Trinajstić information content (AvgIpc) is 3.62. The van der Waals surface area contributed by atoms with Gasteiger partial charge in [-0.05, 0) is 31.9 Å². The molecular formula is C28H37ClO11. The summed E-state index contributed by atoms with van der Waals surface area (Å²) in [6.07, 6.45) is -3.37. The molecule has 0 radical (unpaired) electrons. The van der Waals surface area contributed by atoms with Crippen LogP contribution in [0.1, 0.15) is 54.4 Å². The zero-order valence-corrected chi connectivity index (χ0v) is 24.2. The topological polar surface area (TPSA) is 158 Å². The normalized spacial score (nSPS) is 46.6. The van der Waals surface area contributed by atoms with E-state index in [9.17, 15) is 29.4 Å². The van der Waals surface area contributed by atoms with E-state index in [-0.39, 0.29) is 12.0 Å². The van der Waals surface area contributed by atoms with E-state index >= 15 is 0 Å². The lowest BCUT2D eigenvalue weighted by Crippen LogP contribution is -2.73. The van der Waals surface area contributed by atoms with Crippen molar-refractivity contribution >= 4 is 35.5 Å². The fourth-order valence-corrected chi connectivity index (χ4v) is 7.18. The highest BCUT2D eigenvalue weighted by Gasteiger charge is 2.79. The summed E-state index contributed by atoms with van der Waals surface area (Å²) in [5.74, 6) is -5.48. The van der Waals surface area contributed by atoms with Crippen molar-refractivity contribution in [3.63, 3.8) is 0 Å². The van der Waals surface area contributed by atoms with Crippen LogP contribution in [0.15, 0.2) is 24.3 Å². The van der Waals surface area contributed by atoms with Crippen LogP contribution in [0, 0.1) is 17.3 Å². The maximum absolute atomic E-state index is 12.9. The minimum Gasteiger partial charge on any atom is -0.459 e. The van der Waals surface area contributed by atoms with Crippen molar-refractivity contribution in [2.75, 3.05) is 0 Å². The average molecular weight is 585 g/mol. The Morgan fingerprint density at radius 3 is 2.25 bits per heavy atom. The van der Waals surface area contributed by atoms with E-state index in [1.54, 1.807) is 13.0 Å². The monoisotopic (exact) mass is 584 g/mol. The van der Waals surface area contributed by atoms with Gasteiger partial charge in [0.2, 0.25) is 0 Å². The first-order valence-electron chi connectivity index (χ1n) is 13.4. The second kappa shape index (κ2) is 10.4. The number of rotatable bonds is 5. The third kappa shape index (κ3) is 4.64. The molecule has 40 heavy (non-hydrogen) atoms. The molecule has 0 aromatic rings. The van der Waals surface area contributed by atoms with Crippen LogP contribution >= 0.6 is 11.6 Å². The van der Waals surface area contributed by atoms with Crippen molar-refractivity contribution in [1.82, 2.24) is 0 Å². The number of carbonyl (C=O) groups is 4. The van der Waals surface area contributed by atoms with Crippen molar-refractivity contribution in [3.05, 3.63) is 24.3 Å². The van der Waals surface area contributed by atoms with E-state index < -0.39 is 94.3 Å². The van der Waals surface area contributed by atoms with E-state index in [4.69, 9.17) is 35.3 Å². The van der Waals surface area contributed by atoms with Gasteiger partial charge in [0.25, 0.3) is 0 Å². The SMILES string of the molecule is C=C1/C=C\[C@H](OC(=O)CCC)[C@@]2(C)[C@H]3O[C@H]3[C@@H](OC(C)=O)[C@@](C)(O)[C@@H]2[C@H](OC(C)=O)[C@]2(O)[C@@H](C)C(=O)O[C@H]2[C@@H]1Cl. The molecule has 2 aliphatic heterocycles. The van der Waals surface area contributed by atoms with Crippen molar-refractivity contribution in [2.45, 2.75) is 108 Å². The van der Waals surface area contributed by atoms with Crippen LogP contribution in [0.25, 0.3) is 0 Å². The van der Waals surface area contributed by atoms with Crippen molar-refractivity contribution in [1.29, 1.82) is 0 Å². The summed E-state index contributed by atoms with van der Waals surface area (Å²) in [7, 11) is 0. The molecule has 4 aliphatic rings. The number of ether oxygens (including phenoxy) is 5. The van der Waals surface area contributed by atoms with Crippen LogP contribution < -0.4 is 0 Å². The van der Waals surface area contributed by atoms with Crippen molar-refractivity contribution < 1.29 is 53.1 Å². The third-order valence-corrected chi connectivity index (χ3v) is 9.34. The van der Waals surface area contributed by atoms with E-state index in [1.807, 2.05) is 6.92 Å². The first kappa shape index (κ1) is 30.5. The number of carbonyl (C=O) groups excluding carboxylic acids is 4. The van der Waals surface area contributed by atoms with Crippen LogP contribution in [-0.2, 0) is 42.9 Å². The molecule has 1 saturated carbocycles. The van der Waals surface area contributed by atoms with Gasteiger partial charge in [0.1, 0.15) is 23.9 Å². The third-order valence-electron chi connectivity index (χ3n) is 8.83.